The highest BCUT2D eigenvalue weighted by Gasteiger charge is 2.21. The molecule has 0 spiro atoms. The number of halogens is 2. The second-order valence-corrected chi connectivity index (χ2v) is 5.73. The minimum Gasteiger partial charge on any atom is -0.436 e. The Labute approximate surface area is 159 Å². The SMILES string of the molecule is Cc1nn(C)c(Oc2cccnc2)c1NC(=O)CC1CCCN1.Cl.Cl. The first-order chi connectivity index (χ1) is 11.1. The molecule has 9 heteroatoms. The Bertz CT molecular complexity index is 687. The summed E-state index contributed by atoms with van der Waals surface area (Å²) < 4.78 is 7.46. The standard InChI is InChI=1S/C16H21N5O2.2ClH/c1-11-15(19-14(22)9-12-5-3-8-18-12)16(21(2)20-11)23-13-6-4-7-17-10-13;;/h4,6-7,10,12,18H,3,5,8-9H2,1-2H3,(H,19,22);2*1H. The molecule has 1 saturated heterocycles. The molecule has 0 aliphatic carbocycles. The monoisotopic (exact) mass is 387 g/mol. The quantitative estimate of drug-likeness (QED) is 0.823. The molecule has 25 heavy (non-hydrogen) atoms. The Morgan fingerprint density at radius 1 is 1.48 bits per heavy atom. The summed E-state index contributed by atoms with van der Waals surface area (Å²) in [5, 5.41) is 10.6. The van der Waals surface area contributed by atoms with Gasteiger partial charge in [-0.1, -0.05) is 0 Å². The summed E-state index contributed by atoms with van der Waals surface area (Å²) in [4.78, 5) is 16.3. The number of hydrogen-bond acceptors (Lipinski definition) is 5. The van der Waals surface area contributed by atoms with Crippen molar-refractivity contribution in [3.8, 4) is 11.6 Å². The molecule has 3 heterocycles. The van der Waals surface area contributed by atoms with E-state index in [-0.39, 0.29) is 36.8 Å². The van der Waals surface area contributed by atoms with Crippen LogP contribution in [0, 0.1) is 6.92 Å². The second-order valence-electron chi connectivity index (χ2n) is 5.73. The lowest BCUT2D eigenvalue weighted by molar-refractivity contribution is -0.116. The number of nitrogens with one attached hydrogen (secondary N) is 2. The van der Waals surface area contributed by atoms with E-state index in [0.717, 1.165) is 25.1 Å². The number of carbonyl (C=O) groups is 1. The van der Waals surface area contributed by atoms with Crippen LogP contribution in [0.1, 0.15) is 25.0 Å². The van der Waals surface area contributed by atoms with Gasteiger partial charge in [0.25, 0.3) is 0 Å². The molecule has 3 rings (SSSR count). The molecule has 138 valence electrons. The lowest BCUT2D eigenvalue weighted by Crippen LogP contribution is -2.27. The van der Waals surface area contributed by atoms with E-state index in [2.05, 4.69) is 20.7 Å². The number of rotatable bonds is 5. The van der Waals surface area contributed by atoms with Crippen molar-refractivity contribution in [2.45, 2.75) is 32.2 Å². The molecule has 0 radical (unpaired) electrons. The molecule has 0 aromatic carbocycles. The molecule has 1 atom stereocenters. The van der Waals surface area contributed by atoms with Gasteiger partial charge in [0, 0.05) is 25.7 Å². The van der Waals surface area contributed by atoms with Crippen molar-refractivity contribution in [2.75, 3.05) is 11.9 Å². The van der Waals surface area contributed by atoms with Crippen molar-refractivity contribution in [2.24, 2.45) is 7.05 Å². The first kappa shape index (κ1) is 21.2. The number of anilines is 1. The summed E-state index contributed by atoms with van der Waals surface area (Å²) in [6.45, 7) is 2.83. The lowest BCUT2D eigenvalue weighted by Gasteiger charge is -2.12. The normalized spacial score (nSPS) is 15.8. The molecule has 0 bridgehead atoms. The number of ether oxygens (including phenoxy) is 1. The largest absolute Gasteiger partial charge is 0.436 e. The number of aromatic nitrogens is 3. The van der Waals surface area contributed by atoms with Gasteiger partial charge in [0.05, 0.1) is 11.9 Å². The molecule has 0 saturated carbocycles. The van der Waals surface area contributed by atoms with Gasteiger partial charge in [0.1, 0.15) is 11.4 Å². The van der Waals surface area contributed by atoms with E-state index in [0.29, 0.717) is 23.7 Å². The van der Waals surface area contributed by atoms with Gasteiger partial charge in [-0.3, -0.25) is 9.78 Å². The van der Waals surface area contributed by atoms with Crippen LogP contribution >= 0.6 is 24.8 Å². The fourth-order valence-electron chi connectivity index (χ4n) is 2.76. The first-order valence-corrected chi connectivity index (χ1v) is 7.78. The molecular weight excluding hydrogens is 365 g/mol. The topological polar surface area (TPSA) is 81.1 Å². The van der Waals surface area contributed by atoms with Crippen molar-refractivity contribution in [1.29, 1.82) is 0 Å². The van der Waals surface area contributed by atoms with Crippen LogP contribution in [0.4, 0.5) is 5.69 Å². The fourth-order valence-corrected chi connectivity index (χ4v) is 2.76. The number of aryl methyl sites for hydroxylation is 2. The molecule has 2 aromatic rings. The van der Waals surface area contributed by atoms with E-state index in [1.165, 1.54) is 0 Å². The molecule has 1 fully saturated rings. The number of amides is 1. The third-order valence-electron chi connectivity index (χ3n) is 3.88. The van der Waals surface area contributed by atoms with Gasteiger partial charge in [-0.15, -0.1) is 24.8 Å². The third kappa shape index (κ3) is 5.32. The van der Waals surface area contributed by atoms with E-state index in [4.69, 9.17) is 4.74 Å². The Hall–Kier alpha value is -1.83. The van der Waals surface area contributed by atoms with E-state index >= 15 is 0 Å². The summed E-state index contributed by atoms with van der Waals surface area (Å²) in [6.07, 6.45) is 5.92. The van der Waals surface area contributed by atoms with Crippen LogP contribution in [0.2, 0.25) is 0 Å². The van der Waals surface area contributed by atoms with Gasteiger partial charge < -0.3 is 15.4 Å². The van der Waals surface area contributed by atoms with E-state index in [1.54, 1.807) is 30.2 Å². The number of carbonyl (C=O) groups excluding carboxylic acids is 1. The Morgan fingerprint density at radius 2 is 2.28 bits per heavy atom. The van der Waals surface area contributed by atoms with Crippen LogP contribution in [0.3, 0.4) is 0 Å². The van der Waals surface area contributed by atoms with Crippen molar-refractivity contribution >= 4 is 36.4 Å². The zero-order valence-corrected chi connectivity index (χ0v) is 15.8. The molecule has 1 amide bonds. The Morgan fingerprint density at radius 3 is 2.92 bits per heavy atom. The van der Waals surface area contributed by atoms with Gasteiger partial charge in [-0.2, -0.15) is 5.10 Å². The fraction of sp³-hybridized carbons (Fsp3) is 0.438. The van der Waals surface area contributed by atoms with Crippen LogP contribution in [0.15, 0.2) is 24.5 Å². The first-order valence-electron chi connectivity index (χ1n) is 7.78. The second kappa shape index (κ2) is 9.60. The number of pyridine rings is 1. The third-order valence-corrected chi connectivity index (χ3v) is 3.88. The van der Waals surface area contributed by atoms with Gasteiger partial charge in [0.2, 0.25) is 11.8 Å². The van der Waals surface area contributed by atoms with E-state index in [9.17, 15) is 4.79 Å². The van der Waals surface area contributed by atoms with Gasteiger partial charge in [-0.25, -0.2) is 4.68 Å². The van der Waals surface area contributed by atoms with Crippen molar-refractivity contribution in [3.63, 3.8) is 0 Å². The van der Waals surface area contributed by atoms with Crippen LogP contribution in [0.25, 0.3) is 0 Å². The summed E-state index contributed by atoms with van der Waals surface area (Å²) >= 11 is 0. The van der Waals surface area contributed by atoms with Gasteiger partial charge in [0.15, 0.2) is 0 Å². The van der Waals surface area contributed by atoms with E-state index < -0.39 is 0 Å². The molecule has 1 unspecified atom stereocenters. The van der Waals surface area contributed by atoms with Crippen molar-refractivity contribution < 1.29 is 9.53 Å². The van der Waals surface area contributed by atoms with E-state index in [1.807, 2.05) is 13.0 Å². The lowest BCUT2D eigenvalue weighted by atomic mass is 10.1. The van der Waals surface area contributed by atoms with Gasteiger partial charge >= 0.3 is 0 Å². The van der Waals surface area contributed by atoms with Crippen LogP contribution in [-0.2, 0) is 11.8 Å². The average Bonchev–Trinajstić information content (AvgIpc) is 3.12. The maximum atomic E-state index is 12.3. The highest BCUT2D eigenvalue weighted by Crippen LogP contribution is 2.31. The Balaban J connectivity index is 0.00000156. The minimum absolute atomic E-state index is 0. The number of hydrogen-bond donors (Lipinski definition) is 2. The van der Waals surface area contributed by atoms with Crippen LogP contribution in [-0.4, -0.2) is 33.3 Å². The summed E-state index contributed by atoms with van der Waals surface area (Å²) in [5.41, 5.74) is 1.33. The smallest absolute Gasteiger partial charge is 0.241 e. The average molecular weight is 388 g/mol. The summed E-state index contributed by atoms with van der Waals surface area (Å²) in [6, 6.07) is 3.86. The molecule has 2 N–H and O–H groups in total. The summed E-state index contributed by atoms with van der Waals surface area (Å²) in [5.74, 6) is 1.07. The zero-order chi connectivity index (χ0) is 16.2. The molecular formula is C16H23Cl2N5O2. The highest BCUT2D eigenvalue weighted by atomic mass is 35.5. The molecule has 1 aliphatic rings. The van der Waals surface area contributed by atoms with Crippen LogP contribution < -0.4 is 15.4 Å². The zero-order valence-electron chi connectivity index (χ0n) is 14.2. The summed E-state index contributed by atoms with van der Waals surface area (Å²) in [7, 11) is 1.78. The Kier molecular flexibility index (Phi) is 8.15. The minimum atomic E-state index is -0.0310. The highest BCUT2D eigenvalue weighted by molar-refractivity contribution is 5.93. The molecule has 1 aliphatic heterocycles. The molecule has 2 aromatic heterocycles. The predicted molar refractivity (Wildman–Crippen MR) is 101 cm³/mol. The molecule has 7 nitrogen and oxygen atoms in total. The van der Waals surface area contributed by atoms with Crippen molar-refractivity contribution in [1.82, 2.24) is 20.1 Å². The predicted octanol–water partition coefficient (Wildman–Crippen LogP) is 2.84. The van der Waals surface area contributed by atoms with Crippen LogP contribution in [0.5, 0.6) is 11.6 Å². The van der Waals surface area contributed by atoms with Crippen molar-refractivity contribution in [3.05, 3.63) is 30.2 Å². The maximum Gasteiger partial charge on any atom is 0.241 e. The maximum absolute atomic E-state index is 12.3. The number of nitrogens with zero attached hydrogens (tertiary/aromatic N) is 3. The van der Waals surface area contributed by atoms with Gasteiger partial charge in [-0.05, 0) is 38.4 Å².